The Kier molecular flexibility index (Phi) is 4.35. The van der Waals surface area contributed by atoms with E-state index in [9.17, 15) is 4.39 Å². The SMILES string of the molecule is N#CCOc1cccc(CNc2ccc(F)cc2)c1. The molecule has 3 nitrogen and oxygen atoms in total. The van der Waals surface area contributed by atoms with Gasteiger partial charge in [-0.25, -0.2) is 4.39 Å². The largest absolute Gasteiger partial charge is 0.479 e. The maximum atomic E-state index is 12.8. The van der Waals surface area contributed by atoms with Gasteiger partial charge in [-0.15, -0.1) is 0 Å². The van der Waals surface area contributed by atoms with Crippen LogP contribution in [0.5, 0.6) is 5.75 Å². The summed E-state index contributed by atoms with van der Waals surface area (Å²) in [4.78, 5) is 0. The molecule has 0 bridgehead atoms. The summed E-state index contributed by atoms with van der Waals surface area (Å²) in [5, 5.41) is 11.6. The van der Waals surface area contributed by atoms with E-state index in [1.165, 1.54) is 12.1 Å². The zero-order valence-electron chi connectivity index (χ0n) is 10.3. The molecule has 0 spiro atoms. The van der Waals surface area contributed by atoms with Gasteiger partial charge in [-0.2, -0.15) is 5.26 Å². The lowest BCUT2D eigenvalue weighted by Crippen LogP contribution is -2.00. The number of ether oxygens (including phenoxy) is 1. The number of rotatable bonds is 5. The second-order valence-corrected chi connectivity index (χ2v) is 3.95. The van der Waals surface area contributed by atoms with Gasteiger partial charge in [0.2, 0.25) is 0 Å². The molecule has 0 radical (unpaired) electrons. The number of halogens is 1. The molecule has 0 unspecified atom stereocenters. The Morgan fingerprint density at radius 1 is 1.16 bits per heavy atom. The van der Waals surface area contributed by atoms with Crippen LogP contribution in [0.2, 0.25) is 0 Å². The van der Waals surface area contributed by atoms with E-state index >= 15 is 0 Å². The van der Waals surface area contributed by atoms with Crippen LogP contribution in [0.3, 0.4) is 0 Å². The van der Waals surface area contributed by atoms with Gasteiger partial charge in [0, 0.05) is 12.2 Å². The lowest BCUT2D eigenvalue weighted by Gasteiger charge is -2.08. The predicted molar refractivity (Wildman–Crippen MR) is 71.3 cm³/mol. The Labute approximate surface area is 111 Å². The third-order valence-corrected chi connectivity index (χ3v) is 2.54. The highest BCUT2D eigenvalue weighted by atomic mass is 19.1. The lowest BCUT2D eigenvalue weighted by atomic mass is 10.2. The van der Waals surface area contributed by atoms with Crippen molar-refractivity contribution in [2.75, 3.05) is 11.9 Å². The third-order valence-electron chi connectivity index (χ3n) is 2.54. The monoisotopic (exact) mass is 256 g/mol. The first-order chi connectivity index (χ1) is 9.28. The lowest BCUT2D eigenvalue weighted by molar-refractivity contribution is 0.368. The van der Waals surface area contributed by atoms with E-state index in [4.69, 9.17) is 10.00 Å². The number of nitriles is 1. The molecule has 0 saturated carbocycles. The molecule has 2 aromatic rings. The summed E-state index contributed by atoms with van der Waals surface area (Å²) in [6.45, 7) is 0.643. The number of benzene rings is 2. The highest BCUT2D eigenvalue weighted by Crippen LogP contribution is 2.15. The highest BCUT2D eigenvalue weighted by Gasteiger charge is 1.98. The van der Waals surface area contributed by atoms with Crippen LogP contribution >= 0.6 is 0 Å². The van der Waals surface area contributed by atoms with E-state index in [2.05, 4.69) is 5.32 Å². The second-order valence-electron chi connectivity index (χ2n) is 3.95. The molecule has 1 N–H and O–H groups in total. The van der Waals surface area contributed by atoms with E-state index in [-0.39, 0.29) is 12.4 Å². The summed E-state index contributed by atoms with van der Waals surface area (Å²) in [7, 11) is 0. The number of nitrogens with one attached hydrogen (secondary N) is 1. The van der Waals surface area contributed by atoms with Gasteiger partial charge in [0.1, 0.15) is 17.6 Å². The van der Waals surface area contributed by atoms with E-state index in [1.807, 2.05) is 24.3 Å². The van der Waals surface area contributed by atoms with Crippen molar-refractivity contribution in [3.8, 4) is 11.8 Å². The Morgan fingerprint density at radius 3 is 2.68 bits per heavy atom. The van der Waals surface area contributed by atoms with Crippen molar-refractivity contribution in [2.45, 2.75) is 6.54 Å². The Balaban J connectivity index is 1.95. The number of hydrogen-bond donors (Lipinski definition) is 1. The zero-order valence-corrected chi connectivity index (χ0v) is 10.3. The minimum atomic E-state index is -0.252. The minimum absolute atomic E-state index is 0.0366. The van der Waals surface area contributed by atoms with Crippen molar-refractivity contribution in [3.05, 3.63) is 59.9 Å². The van der Waals surface area contributed by atoms with Gasteiger partial charge in [-0.1, -0.05) is 12.1 Å². The molecule has 19 heavy (non-hydrogen) atoms. The molecular formula is C15H13FN2O. The average Bonchev–Trinajstić information content (AvgIpc) is 2.45. The molecule has 0 amide bonds. The van der Waals surface area contributed by atoms with Gasteiger partial charge in [-0.3, -0.25) is 0 Å². The molecular weight excluding hydrogens is 243 g/mol. The average molecular weight is 256 g/mol. The van der Waals surface area contributed by atoms with Gasteiger partial charge >= 0.3 is 0 Å². The fourth-order valence-corrected chi connectivity index (χ4v) is 1.63. The van der Waals surface area contributed by atoms with Gasteiger partial charge in [0.05, 0.1) is 0 Å². The molecule has 0 fully saturated rings. The smallest absolute Gasteiger partial charge is 0.174 e. The van der Waals surface area contributed by atoms with Crippen molar-refractivity contribution >= 4 is 5.69 Å². The van der Waals surface area contributed by atoms with Crippen LogP contribution in [0.4, 0.5) is 10.1 Å². The standard InChI is InChI=1S/C15H13FN2O/c16-13-4-6-14(7-5-13)18-11-12-2-1-3-15(10-12)19-9-8-17/h1-7,10,18H,9,11H2. The van der Waals surface area contributed by atoms with E-state index in [0.29, 0.717) is 12.3 Å². The maximum absolute atomic E-state index is 12.8. The highest BCUT2D eigenvalue weighted by molar-refractivity contribution is 5.44. The summed E-state index contributed by atoms with van der Waals surface area (Å²) in [5.41, 5.74) is 1.88. The van der Waals surface area contributed by atoms with Crippen molar-refractivity contribution in [1.82, 2.24) is 0 Å². The van der Waals surface area contributed by atoms with Gasteiger partial charge in [-0.05, 0) is 42.0 Å². The van der Waals surface area contributed by atoms with Crippen LogP contribution in [-0.4, -0.2) is 6.61 Å². The second kappa shape index (κ2) is 6.41. The summed E-state index contributed by atoms with van der Waals surface area (Å²) < 4.78 is 18.0. The van der Waals surface area contributed by atoms with Gasteiger partial charge in [0.15, 0.2) is 6.61 Å². The van der Waals surface area contributed by atoms with Crippen LogP contribution in [-0.2, 0) is 6.54 Å². The Morgan fingerprint density at radius 2 is 1.95 bits per heavy atom. The van der Waals surface area contributed by atoms with Crippen LogP contribution in [0.1, 0.15) is 5.56 Å². The van der Waals surface area contributed by atoms with Crippen molar-refractivity contribution < 1.29 is 9.13 Å². The molecule has 0 heterocycles. The molecule has 2 aromatic carbocycles. The topological polar surface area (TPSA) is 45.0 Å². The first-order valence-corrected chi connectivity index (χ1v) is 5.86. The molecule has 96 valence electrons. The fourth-order valence-electron chi connectivity index (χ4n) is 1.63. The fraction of sp³-hybridized carbons (Fsp3) is 0.133. The number of hydrogen-bond acceptors (Lipinski definition) is 3. The van der Waals surface area contributed by atoms with Crippen LogP contribution in [0, 0.1) is 17.1 Å². The Bertz CT molecular complexity index is 575. The van der Waals surface area contributed by atoms with Crippen molar-refractivity contribution in [3.63, 3.8) is 0 Å². The zero-order chi connectivity index (χ0) is 13.5. The molecule has 4 heteroatoms. The molecule has 0 atom stereocenters. The van der Waals surface area contributed by atoms with Crippen LogP contribution in [0.15, 0.2) is 48.5 Å². The normalized spacial score (nSPS) is 9.68. The number of nitrogens with zero attached hydrogens (tertiary/aromatic N) is 1. The van der Waals surface area contributed by atoms with Crippen molar-refractivity contribution in [2.24, 2.45) is 0 Å². The molecule has 0 aliphatic rings. The number of anilines is 1. The minimum Gasteiger partial charge on any atom is -0.479 e. The molecule has 0 aliphatic heterocycles. The molecule has 0 saturated heterocycles. The molecule has 0 aliphatic carbocycles. The maximum Gasteiger partial charge on any atom is 0.174 e. The quantitative estimate of drug-likeness (QED) is 0.892. The van der Waals surface area contributed by atoms with Crippen LogP contribution < -0.4 is 10.1 Å². The third kappa shape index (κ3) is 4.00. The van der Waals surface area contributed by atoms with E-state index in [1.54, 1.807) is 18.2 Å². The summed E-state index contributed by atoms with van der Waals surface area (Å²) >= 11 is 0. The predicted octanol–water partition coefficient (Wildman–Crippen LogP) is 3.34. The summed E-state index contributed by atoms with van der Waals surface area (Å²) in [6.07, 6.45) is 0. The summed E-state index contributed by atoms with van der Waals surface area (Å²) in [6, 6.07) is 15.6. The summed E-state index contributed by atoms with van der Waals surface area (Å²) in [5.74, 6) is 0.414. The van der Waals surface area contributed by atoms with E-state index in [0.717, 1.165) is 11.3 Å². The van der Waals surface area contributed by atoms with Gasteiger partial charge < -0.3 is 10.1 Å². The molecule has 2 rings (SSSR count). The van der Waals surface area contributed by atoms with Crippen LogP contribution in [0.25, 0.3) is 0 Å². The molecule has 0 aromatic heterocycles. The van der Waals surface area contributed by atoms with E-state index < -0.39 is 0 Å². The first-order valence-electron chi connectivity index (χ1n) is 5.86. The van der Waals surface area contributed by atoms with Crippen molar-refractivity contribution in [1.29, 1.82) is 5.26 Å². The first kappa shape index (κ1) is 12.9. The van der Waals surface area contributed by atoms with Gasteiger partial charge in [0.25, 0.3) is 0 Å². The Hall–Kier alpha value is -2.54.